The number of amides is 1. The monoisotopic (exact) mass is 356 g/mol. The molecule has 140 valence electrons. The summed E-state index contributed by atoms with van der Waals surface area (Å²) in [6.07, 6.45) is 2.32. The largest absolute Gasteiger partial charge is 0.459 e. The molecule has 2 aromatic rings. The van der Waals surface area contributed by atoms with E-state index in [-0.39, 0.29) is 5.91 Å². The highest BCUT2D eigenvalue weighted by molar-refractivity contribution is 5.92. The van der Waals surface area contributed by atoms with Gasteiger partial charge in [-0.1, -0.05) is 29.8 Å². The van der Waals surface area contributed by atoms with Gasteiger partial charge in [-0.3, -0.25) is 4.79 Å². The molecule has 1 heterocycles. The van der Waals surface area contributed by atoms with Crippen molar-refractivity contribution in [3.63, 3.8) is 0 Å². The number of hydrogen-bond donors (Lipinski definition) is 3. The Balaban J connectivity index is 1.72. The zero-order valence-electron chi connectivity index (χ0n) is 15.8. The summed E-state index contributed by atoms with van der Waals surface area (Å²) in [5.41, 5.74) is 3.27. The Hall–Kier alpha value is -2.76. The topological polar surface area (TPSA) is 78.7 Å². The first-order valence-electron chi connectivity index (χ1n) is 9.00. The van der Waals surface area contributed by atoms with Crippen molar-refractivity contribution in [3.05, 3.63) is 59.0 Å². The van der Waals surface area contributed by atoms with Crippen LogP contribution < -0.4 is 16.0 Å². The molecule has 0 aliphatic carbocycles. The summed E-state index contributed by atoms with van der Waals surface area (Å²) in [7, 11) is 0. The molecular formula is C20H28N4O2. The molecular weight excluding hydrogens is 328 g/mol. The lowest BCUT2D eigenvalue weighted by atomic mass is 10.1. The Morgan fingerprint density at radius 1 is 1.04 bits per heavy atom. The summed E-state index contributed by atoms with van der Waals surface area (Å²) in [5.74, 6) is 0.986. The van der Waals surface area contributed by atoms with Crippen LogP contribution in [0.5, 0.6) is 0 Å². The molecule has 1 amide bonds. The number of benzene rings is 1. The van der Waals surface area contributed by atoms with Gasteiger partial charge in [0.1, 0.15) is 0 Å². The van der Waals surface area contributed by atoms with Gasteiger partial charge < -0.3 is 20.4 Å². The first-order valence-corrected chi connectivity index (χ1v) is 9.00. The highest BCUT2D eigenvalue weighted by Gasteiger charge is 2.11. The fraction of sp³-hybridized carbons (Fsp3) is 0.400. The van der Waals surface area contributed by atoms with E-state index in [4.69, 9.17) is 4.42 Å². The van der Waals surface area contributed by atoms with Crippen molar-refractivity contribution < 1.29 is 9.21 Å². The summed E-state index contributed by atoms with van der Waals surface area (Å²) < 4.78 is 5.18. The zero-order valence-corrected chi connectivity index (χ0v) is 15.8. The number of carbonyl (C=O) groups excluding carboxylic acids is 1. The molecule has 6 heteroatoms. The van der Waals surface area contributed by atoms with Gasteiger partial charge in [-0.05, 0) is 38.8 Å². The summed E-state index contributed by atoms with van der Waals surface area (Å²) in [6.45, 7) is 8.69. The Morgan fingerprint density at radius 2 is 1.77 bits per heavy atom. The van der Waals surface area contributed by atoms with Gasteiger partial charge in [-0.25, -0.2) is 4.99 Å². The molecule has 3 N–H and O–H groups in total. The normalized spacial score (nSPS) is 11.3. The first-order chi connectivity index (χ1) is 12.6. The van der Waals surface area contributed by atoms with E-state index in [9.17, 15) is 4.79 Å². The summed E-state index contributed by atoms with van der Waals surface area (Å²) in [6, 6.07) is 10.1. The minimum atomic E-state index is -0.174. The van der Waals surface area contributed by atoms with E-state index in [0.717, 1.165) is 31.0 Å². The SMILES string of the molecule is CCNC(=NCc1ccc(C)cc1)NCCCNC(=O)c1occc1C. The molecule has 0 radical (unpaired) electrons. The molecule has 0 saturated heterocycles. The third-order valence-electron chi connectivity index (χ3n) is 3.88. The van der Waals surface area contributed by atoms with E-state index in [0.29, 0.717) is 18.8 Å². The highest BCUT2D eigenvalue weighted by atomic mass is 16.3. The van der Waals surface area contributed by atoms with Gasteiger partial charge in [-0.2, -0.15) is 0 Å². The molecule has 26 heavy (non-hydrogen) atoms. The second kappa shape index (κ2) is 10.3. The third-order valence-corrected chi connectivity index (χ3v) is 3.88. The summed E-state index contributed by atoms with van der Waals surface area (Å²) in [4.78, 5) is 16.5. The maximum Gasteiger partial charge on any atom is 0.287 e. The van der Waals surface area contributed by atoms with Crippen LogP contribution in [0.15, 0.2) is 46.0 Å². The van der Waals surface area contributed by atoms with Gasteiger partial charge >= 0.3 is 0 Å². The van der Waals surface area contributed by atoms with E-state index in [1.807, 2.05) is 13.8 Å². The van der Waals surface area contributed by atoms with Crippen molar-refractivity contribution in [1.82, 2.24) is 16.0 Å². The second-order valence-electron chi connectivity index (χ2n) is 6.15. The second-order valence-corrected chi connectivity index (χ2v) is 6.15. The first kappa shape index (κ1) is 19.6. The minimum absolute atomic E-state index is 0.174. The summed E-state index contributed by atoms with van der Waals surface area (Å²) >= 11 is 0. The fourth-order valence-electron chi connectivity index (χ4n) is 2.39. The highest BCUT2D eigenvalue weighted by Crippen LogP contribution is 2.08. The van der Waals surface area contributed by atoms with Crippen molar-refractivity contribution in [2.24, 2.45) is 4.99 Å². The number of furan rings is 1. The number of nitrogens with one attached hydrogen (secondary N) is 3. The third kappa shape index (κ3) is 6.27. The summed E-state index contributed by atoms with van der Waals surface area (Å²) in [5, 5.41) is 9.38. The van der Waals surface area contributed by atoms with E-state index >= 15 is 0 Å². The molecule has 0 atom stereocenters. The molecule has 1 aromatic heterocycles. The number of rotatable bonds is 8. The van der Waals surface area contributed by atoms with E-state index in [1.54, 1.807) is 6.07 Å². The van der Waals surface area contributed by atoms with Gasteiger partial charge in [0.25, 0.3) is 5.91 Å². The maximum absolute atomic E-state index is 11.9. The number of aryl methyl sites for hydroxylation is 2. The Kier molecular flexibility index (Phi) is 7.74. The number of guanidine groups is 1. The minimum Gasteiger partial charge on any atom is -0.459 e. The molecule has 0 unspecified atom stereocenters. The van der Waals surface area contributed by atoms with Crippen molar-refractivity contribution in [2.75, 3.05) is 19.6 Å². The van der Waals surface area contributed by atoms with Crippen LogP contribution in [0.25, 0.3) is 0 Å². The maximum atomic E-state index is 11.9. The lowest BCUT2D eigenvalue weighted by molar-refractivity contribution is 0.0925. The van der Waals surface area contributed by atoms with Gasteiger partial charge in [0.2, 0.25) is 0 Å². The smallest absolute Gasteiger partial charge is 0.287 e. The van der Waals surface area contributed by atoms with E-state index in [1.165, 1.54) is 17.4 Å². The Labute approximate surface area is 155 Å². The van der Waals surface area contributed by atoms with Crippen LogP contribution in [0.2, 0.25) is 0 Å². The van der Waals surface area contributed by atoms with E-state index in [2.05, 4.69) is 52.1 Å². The van der Waals surface area contributed by atoms with Gasteiger partial charge in [-0.15, -0.1) is 0 Å². The van der Waals surface area contributed by atoms with Crippen LogP contribution in [0.3, 0.4) is 0 Å². The zero-order chi connectivity index (χ0) is 18.8. The van der Waals surface area contributed by atoms with Crippen LogP contribution in [-0.2, 0) is 6.54 Å². The fourth-order valence-corrected chi connectivity index (χ4v) is 2.39. The molecule has 0 spiro atoms. The number of carbonyl (C=O) groups is 1. The average Bonchev–Trinajstić information content (AvgIpc) is 3.06. The quantitative estimate of drug-likeness (QED) is 0.386. The standard InChI is InChI=1S/C20H28N4O2/c1-4-21-20(24-14-17-8-6-15(2)7-9-17)23-12-5-11-22-19(25)18-16(3)10-13-26-18/h6-10,13H,4-5,11-12,14H2,1-3H3,(H,22,25)(H2,21,23,24). The van der Waals surface area contributed by atoms with Crippen molar-refractivity contribution in [3.8, 4) is 0 Å². The van der Waals surface area contributed by atoms with Gasteiger partial charge in [0.05, 0.1) is 12.8 Å². The molecule has 0 aliphatic rings. The van der Waals surface area contributed by atoms with Gasteiger partial charge in [0.15, 0.2) is 11.7 Å². The number of aliphatic imine (C=N–C) groups is 1. The van der Waals surface area contributed by atoms with Crippen LogP contribution >= 0.6 is 0 Å². The molecule has 0 aliphatic heterocycles. The van der Waals surface area contributed by atoms with Crippen molar-refractivity contribution in [2.45, 2.75) is 33.7 Å². The van der Waals surface area contributed by atoms with Crippen molar-refractivity contribution in [1.29, 1.82) is 0 Å². The van der Waals surface area contributed by atoms with Crippen LogP contribution in [-0.4, -0.2) is 31.5 Å². The van der Waals surface area contributed by atoms with Gasteiger partial charge in [0, 0.05) is 25.2 Å². The molecule has 0 saturated carbocycles. The molecule has 0 fully saturated rings. The van der Waals surface area contributed by atoms with Crippen LogP contribution in [0.1, 0.15) is 40.6 Å². The predicted molar refractivity (Wildman–Crippen MR) is 104 cm³/mol. The van der Waals surface area contributed by atoms with Crippen LogP contribution in [0, 0.1) is 13.8 Å². The Morgan fingerprint density at radius 3 is 2.42 bits per heavy atom. The van der Waals surface area contributed by atoms with Crippen LogP contribution in [0.4, 0.5) is 0 Å². The lowest BCUT2D eigenvalue weighted by Gasteiger charge is -2.11. The lowest BCUT2D eigenvalue weighted by Crippen LogP contribution is -2.38. The van der Waals surface area contributed by atoms with Crippen molar-refractivity contribution >= 4 is 11.9 Å². The molecule has 0 bridgehead atoms. The molecule has 6 nitrogen and oxygen atoms in total. The predicted octanol–water partition coefficient (Wildman–Crippen LogP) is 2.77. The number of nitrogens with zero attached hydrogens (tertiary/aromatic N) is 1. The molecule has 2 rings (SSSR count). The Bertz CT molecular complexity index is 720. The average molecular weight is 356 g/mol. The molecule has 1 aromatic carbocycles. The van der Waals surface area contributed by atoms with E-state index < -0.39 is 0 Å². The number of hydrogen-bond acceptors (Lipinski definition) is 3.